The average molecular weight is 541 g/mol. The largest absolute Gasteiger partial charge is 0.491 e. The molecule has 0 saturated carbocycles. The number of esters is 1. The van der Waals surface area contributed by atoms with Gasteiger partial charge in [0, 0.05) is 11.6 Å². The number of hydrogen-bond acceptors (Lipinski definition) is 7. The van der Waals surface area contributed by atoms with Crippen molar-refractivity contribution in [1.29, 1.82) is 0 Å². The summed E-state index contributed by atoms with van der Waals surface area (Å²) < 4.78 is 47.3. The number of halogens is 5. The SMILES string of the molecule is COC(=O)c1cc(OCCOCCN)ccc1NC(=O)c1ccc(Cl)cc1Cl.O=C(O)C(F)(F)F. The number of ether oxygens (including phenoxy) is 3. The summed E-state index contributed by atoms with van der Waals surface area (Å²) in [6.45, 7) is 1.51. The van der Waals surface area contributed by atoms with E-state index in [0.717, 1.165) is 0 Å². The molecular weight excluding hydrogens is 520 g/mol. The molecule has 4 N–H and O–H groups in total. The van der Waals surface area contributed by atoms with E-state index < -0.39 is 24.0 Å². The van der Waals surface area contributed by atoms with Crippen LogP contribution in [-0.2, 0) is 14.3 Å². The molecule has 192 valence electrons. The van der Waals surface area contributed by atoms with Crippen LogP contribution in [0.1, 0.15) is 20.7 Å². The second-order valence-corrected chi connectivity index (χ2v) is 7.17. The van der Waals surface area contributed by atoms with Crippen LogP contribution in [0.5, 0.6) is 5.75 Å². The van der Waals surface area contributed by atoms with E-state index in [0.29, 0.717) is 30.5 Å². The van der Waals surface area contributed by atoms with E-state index in [-0.39, 0.29) is 28.4 Å². The van der Waals surface area contributed by atoms with Crippen LogP contribution in [0.2, 0.25) is 10.0 Å². The standard InChI is InChI=1S/C19H20Cl2N2O5.C2HF3O2/c1-26-19(25)15-11-13(28-9-8-27-7-6-22)3-5-17(15)23-18(24)14-4-2-12(20)10-16(14)21;3-2(4,5)1(6)7/h2-5,10-11H,6-9,22H2,1H3,(H,23,24);(H,6,7). The van der Waals surface area contributed by atoms with Crippen LogP contribution in [0.4, 0.5) is 18.9 Å². The monoisotopic (exact) mass is 540 g/mol. The van der Waals surface area contributed by atoms with Crippen LogP contribution < -0.4 is 15.8 Å². The summed E-state index contributed by atoms with van der Waals surface area (Å²) in [6.07, 6.45) is -5.08. The number of nitrogens with two attached hydrogens (primary N) is 1. The number of aliphatic carboxylic acids is 1. The lowest BCUT2D eigenvalue weighted by Crippen LogP contribution is -2.21. The van der Waals surface area contributed by atoms with Crippen LogP contribution in [0.3, 0.4) is 0 Å². The Morgan fingerprint density at radius 1 is 1.03 bits per heavy atom. The molecule has 0 radical (unpaired) electrons. The first-order valence-electron chi connectivity index (χ1n) is 9.60. The Kier molecular flexibility index (Phi) is 12.3. The molecule has 2 rings (SSSR count). The maximum atomic E-state index is 12.5. The summed E-state index contributed by atoms with van der Waals surface area (Å²) in [5.74, 6) is -3.44. The number of methoxy groups -OCH3 is 1. The quantitative estimate of drug-likeness (QED) is 0.320. The van der Waals surface area contributed by atoms with Crippen molar-refractivity contribution in [2.45, 2.75) is 6.18 Å². The first-order chi connectivity index (χ1) is 16.4. The molecule has 0 saturated heterocycles. The Balaban J connectivity index is 0.000000762. The van der Waals surface area contributed by atoms with Crippen molar-refractivity contribution in [3.63, 3.8) is 0 Å². The average Bonchev–Trinajstić information content (AvgIpc) is 2.78. The Labute approximate surface area is 207 Å². The number of amides is 1. The summed E-state index contributed by atoms with van der Waals surface area (Å²) in [5.41, 5.74) is 5.96. The van der Waals surface area contributed by atoms with Gasteiger partial charge >= 0.3 is 18.1 Å². The van der Waals surface area contributed by atoms with Crippen molar-refractivity contribution in [3.8, 4) is 5.75 Å². The highest BCUT2D eigenvalue weighted by molar-refractivity contribution is 6.37. The second kappa shape index (κ2) is 14.4. The topological polar surface area (TPSA) is 137 Å². The maximum absolute atomic E-state index is 12.5. The number of carbonyl (C=O) groups is 3. The third-order valence-electron chi connectivity index (χ3n) is 3.82. The zero-order chi connectivity index (χ0) is 26.6. The number of carboxylic acids is 1. The normalized spacial score (nSPS) is 10.6. The molecule has 2 aromatic carbocycles. The summed E-state index contributed by atoms with van der Waals surface area (Å²) in [6, 6.07) is 9.15. The highest BCUT2D eigenvalue weighted by Crippen LogP contribution is 2.26. The molecule has 0 heterocycles. The molecule has 9 nitrogen and oxygen atoms in total. The third-order valence-corrected chi connectivity index (χ3v) is 4.37. The molecule has 0 unspecified atom stereocenters. The molecule has 2 aromatic rings. The van der Waals surface area contributed by atoms with E-state index in [1.807, 2.05) is 0 Å². The highest BCUT2D eigenvalue weighted by Gasteiger charge is 2.38. The highest BCUT2D eigenvalue weighted by atomic mass is 35.5. The van der Waals surface area contributed by atoms with E-state index in [1.54, 1.807) is 18.2 Å². The van der Waals surface area contributed by atoms with Crippen LogP contribution in [-0.4, -0.2) is 62.6 Å². The summed E-state index contributed by atoms with van der Waals surface area (Å²) in [7, 11) is 1.25. The van der Waals surface area contributed by atoms with Gasteiger partial charge < -0.3 is 30.4 Å². The number of alkyl halides is 3. The lowest BCUT2D eigenvalue weighted by molar-refractivity contribution is -0.192. The Morgan fingerprint density at radius 3 is 2.23 bits per heavy atom. The smallest absolute Gasteiger partial charge is 0.490 e. The molecule has 0 aliphatic heterocycles. The van der Waals surface area contributed by atoms with Gasteiger partial charge in [-0.15, -0.1) is 0 Å². The van der Waals surface area contributed by atoms with Crippen molar-refractivity contribution in [1.82, 2.24) is 0 Å². The van der Waals surface area contributed by atoms with E-state index >= 15 is 0 Å². The van der Waals surface area contributed by atoms with Crippen LogP contribution >= 0.6 is 23.2 Å². The summed E-state index contributed by atoms with van der Waals surface area (Å²) in [4.78, 5) is 33.5. The zero-order valence-electron chi connectivity index (χ0n) is 18.2. The van der Waals surface area contributed by atoms with E-state index in [1.165, 1.54) is 25.3 Å². The Hall–Kier alpha value is -3.06. The van der Waals surface area contributed by atoms with Crippen molar-refractivity contribution >= 4 is 46.7 Å². The Morgan fingerprint density at radius 2 is 1.69 bits per heavy atom. The van der Waals surface area contributed by atoms with Gasteiger partial charge in [-0.3, -0.25) is 4.79 Å². The van der Waals surface area contributed by atoms with Gasteiger partial charge in [-0.05, 0) is 36.4 Å². The predicted molar refractivity (Wildman–Crippen MR) is 121 cm³/mol. The molecule has 0 atom stereocenters. The lowest BCUT2D eigenvalue weighted by atomic mass is 10.1. The maximum Gasteiger partial charge on any atom is 0.490 e. The number of nitrogens with one attached hydrogen (secondary N) is 1. The van der Waals surface area contributed by atoms with Gasteiger partial charge in [0.2, 0.25) is 0 Å². The second-order valence-electron chi connectivity index (χ2n) is 6.33. The van der Waals surface area contributed by atoms with Gasteiger partial charge in [-0.2, -0.15) is 13.2 Å². The minimum Gasteiger partial charge on any atom is -0.491 e. The van der Waals surface area contributed by atoms with Gasteiger partial charge in [0.15, 0.2) is 0 Å². The third kappa shape index (κ3) is 10.4. The molecule has 0 spiro atoms. The molecule has 0 aromatic heterocycles. The van der Waals surface area contributed by atoms with Crippen molar-refractivity contribution < 1.29 is 46.9 Å². The molecule has 1 amide bonds. The van der Waals surface area contributed by atoms with Gasteiger partial charge in [0.25, 0.3) is 5.91 Å². The number of anilines is 1. The van der Waals surface area contributed by atoms with E-state index in [9.17, 15) is 22.8 Å². The van der Waals surface area contributed by atoms with Gasteiger partial charge in [-0.1, -0.05) is 23.2 Å². The van der Waals surface area contributed by atoms with Crippen molar-refractivity contribution in [2.24, 2.45) is 5.73 Å². The number of carbonyl (C=O) groups excluding carboxylic acids is 2. The Bertz CT molecular complexity index is 1040. The van der Waals surface area contributed by atoms with Crippen molar-refractivity contribution in [2.75, 3.05) is 38.8 Å². The fourth-order valence-electron chi connectivity index (χ4n) is 2.27. The molecule has 0 aliphatic carbocycles. The summed E-state index contributed by atoms with van der Waals surface area (Å²) in [5, 5.41) is 10.4. The zero-order valence-corrected chi connectivity index (χ0v) is 19.7. The minimum absolute atomic E-state index is 0.140. The molecule has 0 fully saturated rings. The van der Waals surface area contributed by atoms with E-state index in [4.69, 9.17) is 53.0 Å². The fraction of sp³-hybridized carbons (Fsp3) is 0.286. The molecule has 14 heteroatoms. The molecule has 0 bridgehead atoms. The molecule has 0 aliphatic rings. The number of benzene rings is 2. The van der Waals surface area contributed by atoms with Crippen molar-refractivity contribution in [3.05, 3.63) is 57.6 Å². The van der Waals surface area contributed by atoms with Gasteiger partial charge in [-0.25, -0.2) is 9.59 Å². The first kappa shape index (κ1) is 30.0. The molecule has 35 heavy (non-hydrogen) atoms. The minimum atomic E-state index is -5.08. The van der Waals surface area contributed by atoms with Crippen LogP contribution in [0, 0.1) is 0 Å². The summed E-state index contributed by atoms with van der Waals surface area (Å²) >= 11 is 11.9. The van der Waals surface area contributed by atoms with Crippen LogP contribution in [0.15, 0.2) is 36.4 Å². The number of carboxylic acid groups (broad SMARTS) is 1. The van der Waals surface area contributed by atoms with Gasteiger partial charge in [0.05, 0.1) is 42.2 Å². The molecular formula is C21H21Cl2F3N2O7. The number of hydrogen-bond donors (Lipinski definition) is 3. The van der Waals surface area contributed by atoms with Crippen LogP contribution in [0.25, 0.3) is 0 Å². The van der Waals surface area contributed by atoms with Gasteiger partial charge in [0.1, 0.15) is 12.4 Å². The predicted octanol–water partition coefficient (Wildman–Crippen LogP) is 4.02. The first-order valence-corrected chi connectivity index (χ1v) is 10.4. The number of rotatable bonds is 9. The van der Waals surface area contributed by atoms with E-state index in [2.05, 4.69) is 5.32 Å². The fourth-order valence-corrected chi connectivity index (χ4v) is 2.76. The lowest BCUT2D eigenvalue weighted by Gasteiger charge is -2.13.